The van der Waals surface area contributed by atoms with Gasteiger partial charge >= 0.3 is 6.09 Å². The molecular weight excluding hydrogens is 437 g/mol. The summed E-state index contributed by atoms with van der Waals surface area (Å²) in [6.45, 7) is 1.96. The van der Waals surface area contributed by atoms with E-state index in [9.17, 15) is 9.18 Å². The number of hydrogen-bond acceptors (Lipinski definition) is 4. The Morgan fingerprint density at radius 2 is 1.94 bits per heavy atom. The molecule has 3 heterocycles. The van der Waals surface area contributed by atoms with E-state index in [-0.39, 0.29) is 18.4 Å². The molecule has 1 amide bonds. The van der Waals surface area contributed by atoms with Crippen LogP contribution in [0, 0.1) is 5.82 Å². The number of nitrogens with zero attached hydrogens (tertiary/aromatic N) is 2. The van der Waals surface area contributed by atoms with Crippen molar-refractivity contribution in [3.63, 3.8) is 0 Å². The molecule has 5 rings (SSSR count). The fraction of sp³-hybridized carbons (Fsp3) is 0.269. The first-order chi connectivity index (χ1) is 16.1. The molecule has 0 radical (unpaired) electrons. The van der Waals surface area contributed by atoms with E-state index in [0.29, 0.717) is 10.6 Å². The third-order valence-corrected chi connectivity index (χ3v) is 7.06. The summed E-state index contributed by atoms with van der Waals surface area (Å²) in [6.07, 6.45) is 3.15. The predicted octanol–water partition coefficient (Wildman–Crippen LogP) is 6.13. The van der Waals surface area contributed by atoms with Gasteiger partial charge in [-0.1, -0.05) is 12.1 Å². The number of H-pyrrole nitrogens is 1. The van der Waals surface area contributed by atoms with Crippen LogP contribution >= 0.6 is 11.3 Å². The lowest BCUT2D eigenvalue weighted by Crippen LogP contribution is -2.47. The average Bonchev–Trinajstić information content (AvgIpc) is 3.50. The summed E-state index contributed by atoms with van der Waals surface area (Å²) in [5.41, 5.74) is 3.48. The molecule has 1 aliphatic heterocycles. The van der Waals surface area contributed by atoms with Crippen LogP contribution in [0.4, 0.5) is 9.18 Å². The van der Waals surface area contributed by atoms with Crippen LogP contribution in [0.5, 0.6) is 5.06 Å². The van der Waals surface area contributed by atoms with Gasteiger partial charge in [0.25, 0.3) is 0 Å². The minimum atomic E-state index is -0.425. The van der Waals surface area contributed by atoms with Crippen LogP contribution in [-0.4, -0.2) is 47.1 Å². The zero-order valence-electron chi connectivity index (χ0n) is 18.5. The van der Waals surface area contributed by atoms with Crippen LogP contribution in [0.15, 0.2) is 66.2 Å². The number of carbonyl (C=O) groups is 1. The molecule has 0 spiro atoms. The van der Waals surface area contributed by atoms with Crippen LogP contribution in [0.2, 0.25) is 0 Å². The number of likely N-dealkylation sites (tertiary alicyclic amines) is 1. The van der Waals surface area contributed by atoms with E-state index in [1.807, 2.05) is 41.9 Å². The zero-order valence-corrected chi connectivity index (χ0v) is 19.3. The summed E-state index contributed by atoms with van der Waals surface area (Å²) in [4.78, 5) is 20.3. The van der Waals surface area contributed by atoms with E-state index >= 15 is 0 Å². The number of benzene rings is 2. The van der Waals surface area contributed by atoms with E-state index in [0.717, 1.165) is 48.0 Å². The normalized spacial score (nSPS) is 15.1. The van der Waals surface area contributed by atoms with Crippen molar-refractivity contribution in [2.45, 2.75) is 25.4 Å². The Balaban J connectivity index is 1.43. The van der Waals surface area contributed by atoms with Gasteiger partial charge in [0.1, 0.15) is 5.82 Å². The second-order valence-electron chi connectivity index (χ2n) is 8.55. The van der Waals surface area contributed by atoms with Gasteiger partial charge < -0.3 is 19.5 Å². The summed E-state index contributed by atoms with van der Waals surface area (Å²) in [6, 6.07) is 16.9. The Hall–Kier alpha value is -3.16. The van der Waals surface area contributed by atoms with Crippen molar-refractivity contribution in [2.24, 2.45) is 0 Å². The molecule has 7 heteroatoms. The number of halogens is 1. The first-order valence-corrected chi connectivity index (χ1v) is 12.0. The van der Waals surface area contributed by atoms with Gasteiger partial charge in [-0.05, 0) is 97.3 Å². The molecule has 0 saturated carbocycles. The topological polar surface area (TPSA) is 48.6 Å². The highest BCUT2D eigenvalue weighted by atomic mass is 32.1. The molecule has 2 aromatic heterocycles. The Morgan fingerprint density at radius 3 is 2.73 bits per heavy atom. The Kier molecular flexibility index (Phi) is 6.15. The van der Waals surface area contributed by atoms with Crippen LogP contribution < -0.4 is 4.74 Å². The van der Waals surface area contributed by atoms with Crippen LogP contribution in [-0.2, 0) is 6.54 Å². The maximum absolute atomic E-state index is 14.9. The van der Waals surface area contributed by atoms with Gasteiger partial charge in [0.2, 0.25) is 0 Å². The number of rotatable bonds is 5. The molecule has 1 aliphatic rings. The first-order valence-electron chi connectivity index (χ1n) is 11.1. The predicted molar refractivity (Wildman–Crippen MR) is 130 cm³/mol. The number of hydrogen-bond donors (Lipinski definition) is 1. The standard InChI is InChI=1S/C26H26FN3O2S/c1-29-12-9-22(10-13-29)30(26(31)32-25-3-2-14-33-25)17-21-16-18(4-6-23(21)27)19-5-7-24-20(15-19)8-11-28-24/h2-8,11,14-16,22,28H,9-10,12-13,17H2,1H3. The van der Waals surface area contributed by atoms with Gasteiger partial charge in [-0.15, -0.1) is 11.3 Å². The Labute approximate surface area is 196 Å². The number of aromatic nitrogens is 1. The molecule has 4 aromatic rings. The van der Waals surface area contributed by atoms with Gasteiger partial charge in [-0.3, -0.25) is 0 Å². The second-order valence-corrected chi connectivity index (χ2v) is 9.46. The number of carbonyl (C=O) groups excluding carboxylic acids is 1. The Bertz CT molecular complexity index is 1250. The zero-order chi connectivity index (χ0) is 22.8. The molecule has 0 bridgehead atoms. The van der Waals surface area contributed by atoms with Crippen molar-refractivity contribution >= 4 is 28.3 Å². The molecule has 1 saturated heterocycles. The van der Waals surface area contributed by atoms with Crippen molar-refractivity contribution in [3.05, 3.63) is 77.6 Å². The molecule has 33 heavy (non-hydrogen) atoms. The second kappa shape index (κ2) is 9.37. The van der Waals surface area contributed by atoms with Gasteiger partial charge in [0.05, 0.1) is 6.54 Å². The highest BCUT2D eigenvalue weighted by Crippen LogP contribution is 2.28. The van der Waals surface area contributed by atoms with Crippen molar-refractivity contribution in [2.75, 3.05) is 20.1 Å². The number of fused-ring (bicyclic) bond motifs is 1. The number of amides is 1. The summed E-state index contributed by atoms with van der Waals surface area (Å²) >= 11 is 1.37. The minimum Gasteiger partial charge on any atom is -0.399 e. The van der Waals surface area contributed by atoms with Crippen molar-refractivity contribution in [3.8, 4) is 16.2 Å². The van der Waals surface area contributed by atoms with Crippen molar-refractivity contribution in [1.82, 2.24) is 14.8 Å². The molecule has 170 valence electrons. The van der Waals surface area contributed by atoms with E-state index < -0.39 is 6.09 Å². The van der Waals surface area contributed by atoms with E-state index in [1.165, 1.54) is 17.4 Å². The largest absolute Gasteiger partial charge is 0.416 e. The number of thiophene rings is 1. The molecule has 0 aliphatic carbocycles. The summed E-state index contributed by atoms with van der Waals surface area (Å²) < 4.78 is 20.6. The molecule has 1 fully saturated rings. The molecule has 5 nitrogen and oxygen atoms in total. The first kappa shape index (κ1) is 21.7. The van der Waals surface area contributed by atoms with Crippen LogP contribution in [0.3, 0.4) is 0 Å². The third-order valence-electron chi connectivity index (χ3n) is 6.32. The molecule has 0 atom stereocenters. The summed E-state index contributed by atoms with van der Waals surface area (Å²) in [5.74, 6) is -0.316. The van der Waals surface area contributed by atoms with E-state index in [4.69, 9.17) is 4.74 Å². The number of ether oxygens (including phenoxy) is 1. The van der Waals surface area contributed by atoms with Crippen LogP contribution in [0.25, 0.3) is 22.0 Å². The SMILES string of the molecule is CN1CCC(N(Cc2cc(-c3ccc4[nH]ccc4c3)ccc2F)C(=O)Oc2cccs2)CC1. The lowest BCUT2D eigenvalue weighted by Gasteiger charge is -2.36. The molecule has 2 aromatic carbocycles. The maximum atomic E-state index is 14.9. The number of nitrogens with one attached hydrogen (secondary N) is 1. The summed E-state index contributed by atoms with van der Waals surface area (Å²) in [5, 5.41) is 3.52. The van der Waals surface area contributed by atoms with Gasteiger partial charge in [-0.25, -0.2) is 9.18 Å². The lowest BCUT2D eigenvalue weighted by molar-refractivity contribution is 0.0981. The van der Waals surface area contributed by atoms with Gasteiger partial charge in [0.15, 0.2) is 5.06 Å². The lowest BCUT2D eigenvalue weighted by atomic mass is 9.99. The molecule has 0 unspecified atom stereocenters. The monoisotopic (exact) mass is 463 g/mol. The fourth-order valence-electron chi connectivity index (χ4n) is 4.41. The Morgan fingerprint density at radius 1 is 1.15 bits per heavy atom. The number of aromatic amines is 1. The fourth-order valence-corrected chi connectivity index (χ4v) is 4.98. The maximum Gasteiger partial charge on any atom is 0.416 e. The minimum absolute atomic E-state index is 0.00734. The molecular formula is C26H26FN3O2S. The third kappa shape index (κ3) is 4.79. The highest BCUT2D eigenvalue weighted by molar-refractivity contribution is 7.11. The van der Waals surface area contributed by atoms with Gasteiger partial charge in [0, 0.05) is 23.3 Å². The number of piperidine rings is 1. The average molecular weight is 464 g/mol. The van der Waals surface area contributed by atoms with Crippen molar-refractivity contribution < 1.29 is 13.9 Å². The quantitative estimate of drug-likeness (QED) is 0.387. The van der Waals surface area contributed by atoms with Crippen LogP contribution in [0.1, 0.15) is 18.4 Å². The highest BCUT2D eigenvalue weighted by Gasteiger charge is 2.29. The van der Waals surface area contributed by atoms with Crippen molar-refractivity contribution in [1.29, 1.82) is 0 Å². The summed E-state index contributed by atoms with van der Waals surface area (Å²) in [7, 11) is 2.08. The van der Waals surface area contributed by atoms with Gasteiger partial charge in [-0.2, -0.15) is 0 Å². The smallest absolute Gasteiger partial charge is 0.399 e. The van der Waals surface area contributed by atoms with E-state index in [1.54, 1.807) is 17.0 Å². The molecule has 1 N–H and O–H groups in total. The van der Waals surface area contributed by atoms with E-state index in [2.05, 4.69) is 23.0 Å².